The maximum absolute atomic E-state index is 7.00. The van der Waals surface area contributed by atoms with Crippen LogP contribution in [0.25, 0.3) is 0 Å². The molecule has 3 N–H and O–H groups in total. The van der Waals surface area contributed by atoms with Crippen LogP contribution in [0.1, 0.15) is 46.0 Å². The highest BCUT2D eigenvalue weighted by Crippen LogP contribution is 2.03. The summed E-state index contributed by atoms with van der Waals surface area (Å²) >= 11 is 14.4. The van der Waals surface area contributed by atoms with Crippen LogP contribution < -0.4 is 0 Å². The molecule has 0 bridgehead atoms. The van der Waals surface area contributed by atoms with E-state index < -0.39 is 4.30 Å². The van der Waals surface area contributed by atoms with Gasteiger partial charge in [-0.1, -0.05) is 80.8 Å². The lowest BCUT2D eigenvalue weighted by Crippen LogP contribution is -1.70. The van der Waals surface area contributed by atoms with Gasteiger partial charge in [-0.05, 0) is 0 Å². The lowest BCUT2D eigenvalue weighted by Gasteiger charge is -1.90. The van der Waals surface area contributed by atoms with E-state index in [1.54, 1.807) is 0 Å². The van der Waals surface area contributed by atoms with Gasteiger partial charge in [-0.15, -0.1) is 0 Å². The molecular formula is C9H23Cl3O2. The molecule has 0 heterocycles. The Bertz CT molecular complexity index is 57.3. The SMILES string of the molecule is CCCCCCC.CO.ClC(Cl)Cl.O. The van der Waals surface area contributed by atoms with Crippen molar-refractivity contribution >= 4 is 34.8 Å². The van der Waals surface area contributed by atoms with Crippen molar-refractivity contribution in [3.05, 3.63) is 0 Å². The summed E-state index contributed by atoms with van der Waals surface area (Å²) in [5.74, 6) is 0. The second-order valence-electron chi connectivity index (χ2n) is 2.31. The first-order chi connectivity index (χ1) is 6.15. The Morgan fingerprint density at radius 3 is 1.21 bits per heavy atom. The van der Waals surface area contributed by atoms with Crippen molar-refractivity contribution in [1.29, 1.82) is 0 Å². The van der Waals surface area contributed by atoms with Gasteiger partial charge in [-0.2, -0.15) is 0 Å². The molecule has 0 fully saturated rings. The molecule has 14 heavy (non-hydrogen) atoms. The van der Waals surface area contributed by atoms with Crippen LogP contribution in [0.3, 0.4) is 0 Å². The van der Waals surface area contributed by atoms with Gasteiger partial charge in [0.25, 0.3) is 0 Å². The van der Waals surface area contributed by atoms with E-state index in [2.05, 4.69) is 13.8 Å². The van der Waals surface area contributed by atoms with E-state index in [-0.39, 0.29) is 5.48 Å². The molecule has 0 radical (unpaired) electrons. The topological polar surface area (TPSA) is 51.7 Å². The smallest absolute Gasteiger partial charge is 0.180 e. The summed E-state index contributed by atoms with van der Waals surface area (Å²) in [6.45, 7) is 4.49. The van der Waals surface area contributed by atoms with Crippen LogP contribution in [-0.4, -0.2) is 22.0 Å². The third-order valence-electron chi connectivity index (χ3n) is 1.21. The summed E-state index contributed by atoms with van der Waals surface area (Å²) in [7, 11) is 1.00. The normalized spacial score (nSPS) is 7.71. The molecule has 0 saturated heterocycles. The minimum absolute atomic E-state index is 0. The molecule has 0 unspecified atom stereocenters. The van der Waals surface area contributed by atoms with Crippen LogP contribution >= 0.6 is 34.8 Å². The standard InChI is InChI=1S/C7H16.CHCl3.CH4O.H2O/c1-3-5-7-6-4-2;2-1(3)4;1-2;/h3-7H2,1-2H3;1H;2H,1H3;1H2. The van der Waals surface area contributed by atoms with Gasteiger partial charge in [0.05, 0.1) is 0 Å². The van der Waals surface area contributed by atoms with Crippen LogP contribution in [0, 0.1) is 0 Å². The number of hydrogen-bond donors (Lipinski definition) is 1. The van der Waals surface area contributed by atoms with Crippen molar-refractivity contribution in [2.24, 2.45) is 0 Å². The zero-order chi connectivity index (χ0) is 11.1. The number of unbranched alkanes of at least 4 members (excludes halogenated alkanes) is 4. The third-order valence-corrected chi connectivity index (χ3v) is 1.21. The van der Waals surface area contributed by atoms with Crippen molar-refractivity contribution in [1.82, 2.24) is 0 Å². The minimum atomic E-state index is -0.750. The number of rotatable bonds is 4. The van der Waals surface area contributed by atoms with Gasteiger partial charge >= 0.3 is 0 Å². The second-order valence-corrected chi connectivity index (χ2v) is 4.29. The number of alkyl halides is 3. The van der Waals surface area contributed by atoms with Crippen molar-refractivity contribution in [3.63, 3.8) is 0 Å². The lowest BCUT2D eigenvalue weighted by atomic mass is 10.2. The first kappa shape index (κ1) is 24.2. The summed E-state index contributed by atoms with van der Waals surface area (Å²) < 4.78 is -0.750. The summed E-state index contributed by atoms with van der Waals surface area (Å²) in [5.41, 5.74) is 0. The van der Waals surface area contributed by atoms with Crippen LogP contribution in [0.4, 0.5) is 0 Å². The number of hydrogen-bond acceptors (Lipinski definition) is 1. The zero-order valence-electron chi connectivity index (χ0n) is 9.19. The zero-order valence-corrected chi connectivity index (χ0v) is 11.5. The minimum Gasteiger partial charge on any atom is -0.412 e. The van der Waals surface area contributed by atoms with E-state index in [0.29, 0.717) is 0 Å². The molecular weight excluding hydrogens is 246 g/mol. The fraction of sp³-hybridized carbons (Fsp3) is 1.00. The quantitative estimate of drug-likeness (QED) is 0.613. The van der Waals surface area contributed by atoms with Crippen LogP contribution in [0.5, 0.6) is 0 Å². The average molecular weight is 270 g/mol. The molecule has 0 spiro atoms. The van der Waals surface area contributed by atoms with E-state index in [1.165, 1.54) is 32.1 Å². The van der Waals surface area contributed by atoms with Crippen molar-refractivity contribution < 1.29 is 10.6 Å². The lowest BCUT2D eigenvalue weighted by molar-refractivity contribution is 0.399. The van der Waals surface area contributed by atoms with Gasteiger partial charge in [-0.3, -0.25) is 0 Å². The highest BCUT2D eigenvalue weighted by Gasteiger charge is 1.80. The van der Waals surface area contributed by atoms with Crippen LogP contribution in [0.2, 0.25) is 0 Å². The van der Waals surface area contributed by atoms with E-state index >= 15 is 0 Å². The van der Waals surface area contributed by atoms with Crippen LogP contribution in [-0.2, 0) is 0 Å². The number of halogens is 3. The first-order valence-electron chi connectivity index (χ1n) is 4.52. The summed E-state index contributed by atoms with van der Waals surface area (Å²) in [5, 5.41) is 7.00. The molecule has 0 rings (SSSR count). The average Bonchev–Trinajstić information content (AvgIpc) is 2.08. The fourth-order valence-corrected chi connectivity index (χ4v) is 0.677. The molecule has 0 aliphatic rings. The van der Waals surface area contributed by atoms with Gasteiger partial charge in [0, 0.05) is 7.11 Å². The largest absolute Gasteiger partial charge is 0.412 e. The van der Waals surface area contributed by atoms with E-state index in [1.807, 2.05) is 0 Å². The summed E-state index contributed by atoms with van der Waals surface area (Å²) in [6.07, 6.45) is 7.01. The molecule has 0 atom stereocenters. The molecule has 2 nitrogen and oxygen atoms in total. The fourth-order valence-electron chi connectivity index (χ4n) is 0.677. The monoisotopic (exact) mass is 268 g/mol. The Labute approximate surface area is 103 Å². The Kier molecular flexibility index (Phi) is 50.4. The number of aliphatic hydroxyl groups excluding tert-OH is 1. The maximum atomic E-state index is 7.00. The molecule has 5 heteroatoms. The van der Waals surface area contributed by atoms with Gasteiger partial charge in [0.15, 0.2) is 4.30 Å². The molecule has 0 aromatic heterocycles. The van der Waals surface area contributed by atoms with Crippen molar-refractivity contribution in [3.8, 4) is 0 Å². The molecule has 92 valence electrons. The highest BCUT2D eigenvalue weighted by molar-refractivity contribution is 6.63. The Morgan fingerprint density at radius 2 is 1.07 bits per heavy atom. The van der Waals surface area contributed by atoms with E-state index in [9.17, 15) is 0 Å². The summed E-state index contributed by atoms with van der Waals surface area (Å²) in [4.78, 5) is 0. The number of aliphatic hydroxyl groups is 1. The van der Waals surface area contributed by atoms with Gasteiger partial charge < -0.3 is 10.6 Å². The maximum Gasteiger partial charge on any atom is 0.180 e. The highest BCUT2D eigenvalue weighted by atomic mass is 35.6. The van der Waals surface area contributed by atoms with Crippen molar-refractivity contribution in [2.45, 2.75) is 50.2 Å². The van der Waals surface area contributed by atoms with Gasteiger partial charge in [-0.25, -0.2) is 0 Å². The second kappa shape index (κ2) is 29.2. The molecule has 0 aliphatic heterocycles. The molecule has 0 aliphatic carbocycles. The van der Waals surface area contributed by atoms with Gasteiger partial charge in [0.2, 0.25) is 0 Å². The van der Waals surface area contributed by atoms with Gasteiger partial charge in [0.1, 0.15) is 0 Å². The molecule has 0 aromatic carbocycles. The third kappa shape index (κ3) is 77.5. The predicted molar refractivity (Wildman–Crippen MR) is 67.5 cm³/mol. The molecule has 0 saturated carbocycles. The summed E-state index contributed by atoms with van der Waals surface area (Å²) in [6, 6.07) is 0. The Hall–Kier alpha value is 0.790. The Balaban J connectivity index is -0.0000000620. The van der Waals surface area contributed by atoms with E-state index in [4.69, 9.17) is 39.9 Å². The molecule has 0 aromatic rings. The molecule has 0 amide bonds. The Morgan fingerprint density at radius 1 is 0.857 bits per heavy atom. The van der Waals surface area contributed by atoms with Crippen molar-refractivity contribution in [2.75, 3.05) is 7.11 Å². The first-order valence-corrected chi connectivity index (χ1v) is 5.83. The van der Waals surface area contributed by atoms with E-state index in [0.717, 1.165) is 7.11 Å². The predicted octanol–water partition coefficient (Wildman–Crippen LogP) is 3.75. The van der Waals surface area contributed by atoms with Crippen LogP contribution in [0.15, 0.2) is 0 Å².